The zero-order valence-electron chi connectivity index (χ0n) is 15.3. The summed E-state index contributed by atoms with van der Waals surface area (Å²) in [5, 5.41) is 0. The van der Waals surface area contributed by atoms with Crippen molar-refractivity contribution >= 4 is 11.9 Å². The molecule has 0 unspecified atom stereocenters. The molecule has 25 heavy (non-hydrogen) atoms. The Morgan fingerprint density at radius 2 is 2.08 bits per heavy atom. The molecule has 0 aromatic heterocycles. The van der Waals surface area contributed by atoms with Crippen LogP contribution < -0.4 is 0 Å². The number of Topliss-reactive ketones (excluding diaryl/α,β-unsaturated/α-hetero) is 1. The largest absolute Gasteiger partial charge is 0.513 e. The van der Waals surface area contributed by atoms with Crippen LogP contribution in [0.5, 0.6) is 0 Å². The van der Waals surface area contributed by atoms with Crippen LogP contribution in [0.15, 0.2) is 24.0 Å². The van der Waals surface area contributed by atoms with E-state index in [4.69, 9.17) is 18.9 Å². The number of ether oxygens (including phenoxy) is 4. The summed E-state index contributed by atoms with van der Waals surface area (Å²) in [4.78, 5) is 24.6. The van der Waals surface area contributed by atoms with Gasteiger partial charge in [-0.05, 0) is 32.8 Å². The number of hydrogen-bond donors (Lipinski definition) is 0. The second-order valence-corrected chi connectivity index (χ2v) is 7.72. The first-order chi connectivity index (χ1) is 11.7. The topological polar surface area (TPSA) is 71.1 Å². The number of ketones is 1. The molecule has 138 valence electrons. The van der Waals surface area contributed by atoms with Gasteiger partial charge in [-0.25, -0.2) is 4.79 Å². The van der Waals surface area contributed by atoms with E-state index in [-0.39, 0.29) is 30.5 Å². The van der Waals surface area contributed by atoms with Crippen LogP contribution in [-0.4, -0.2) is 36.5 Å². The van der Waals surface area contributed by atoms with E-state index < -0.39 is 17.4 Å². The average molecular weight is 350 g/mol. The van der Waals surface area contributed by atoms with Crippen LogP contribution in [0.4, 0.5) is 4.79 Å². The zero-order chi connectivity index (χ0) is 18.4. The van der Waals surface area contributed by atoms with Gasteiger partial charge in [0.05, 0.1) is 12.2 Å². The molecule has 6 heteroatoms. The van der Waals surface area contributed by atoms with Crippen LogP contribution in [0.2, 0.25) is 0 Å². The van der Waals surface area contributed by atoms with E-state index in [1.165, 1.54) is 6.08 Å². The average Bonchev–Trinajstić information content (AvgIpc) is 2.82. The molecule has 3 aliphatic rings. The predicted molar refractivity (Wildman–Crippen MR) is 89.6 cm³/mol. The summed E-state index contributed by atoms with van der Waals surface area (Å²) in [7, 11) is 0. The maximum Gasteiger partial charge on any atom is 0.513 e. The molecule has 0 aromatic carbocycles. The van der Waals surface area contributed by atoms with Gasteiger partial charge in [-0.1, -0.05) is 19.6 Å². The van der Waals surface area contributed by atoms with Crippen molar-refractivity contribution in [3.05, 3.63) is 24.0 Å². The molecule has 0 radical (unpaired) electrons. The number of carbonyl (C=O) groups is 2. The zero-order valence-corrected chi connectivity index (χ0v) is 15.3. The van der Waals surface area contributed by atoms with E-state index in [2.05, 4.69) is 6.58 Å². The van der Waals surface area contributed by atoms with Crippen molar-refractivity contribution in [1.29, 1.82) is 0 Å². The fourth-order valence-electron chi connectivity index (χ4n) is 4.41. The van der Waals surface area contributed by atoms with Crippen LogP contribution in [-0.2, 0) is 23.7 Å². The molecular formula is C19H26O6. The molecule has 6 nitrogen and oxygen atoms in total. The highest BCUT2D eigenvalue weighted by Crippen LogP contribution is 2.54. The Kier molecular flexibility index (Phi) is 4.54. The first-order valence-electron chi connectivity index (χ1n) is 8.72. The highest BCUT2D eigenvalue weighted by Gasteiger charge is 2.60. The van der Waals surface area contributed by atoms with Crippen LogP contribution in [0.25, 0.3) is 0 Å². The summed E-state index contributed by atoms with van der Waals surface area (Å²) in [6.07, 6.45) is 1.76. The van der Waals surface area contributed by atoms with E-state index in [1.807, 2.05) is 27.7 Å². The van der Waals surface area contributed by atoms with Gasteiger partial charge in [0.2, 0.25) is 0 Å². The summed E-state index contributed by atoms with van der Waals surface area (Å²) >= 11 is 0. The molecule has 3 rings (SSSR count). The molecule has 1 aliphatic heterocycles. The van der Waals surface area contributed by atoms with Gasteiger partial charge in [-0.2, -0.15) is 0 Å². The molecule has 0 N–H and O–H groups in total. The maximum absolute atomic E-state index is 12.8. The van der Waals surface area contributed by atoms with Gasteiger partial charge in [0.25, 0.3) is 0 Å². The molecule has 0 amide bonds. The summed E-state index contributed by atoms with van der Waals surface area (Å²) in [5.41, 5.74) is 0.348. The fraction of sp³-hybridized carbons (Fsp3) is 0.684. The Hall–Kier alpha value is -1.66. The molecule has 1 heterocycles. The molecular weight excluding hydrogens is 324 g/mol. The van der Waals surface area contributed by atoms with Gasteiger partial charge in [-0.15, -0.1) is 0 Å². The summed E-state index contributed by atoms with van der Waals surface area (Å²) < 4.78 is 22.4. The van der Waals surface area contributed by atoms with Gasteiger partial charge >= 0.3 is 6.16 Å². The third-order valence-corrected chi connectivity index (χ3v) is 5.56. The van der Waals surface area contributed by atoms with Crippen molar-refractivity contribution in [3.63, 3.8) is 0 Å². The van der Waals surface area contributed by atoms with E-state index in [1.54, 1.807) is 0 Å². The summed E-state index contributed by atoms with van der Waals surface area (Å²) in [6.45, 7) is 11.2. The third kappa shape index (κ3) is 3.13. The first kappa shape index (κ1) is 18.1. The lowest BCUT2D eigenvalue weighted by molar-refractivity contribution is -0.151. The van der Waals surface area contributed by atoms with Crippen molar-refractivity contribution in [1.82, 2.24) is 0 Å². The van der Waals surface area contributed by atoms with Crippen LogP contribution in [0.3, 0.4) is 0 Å². The van der Waals surface area contributed by atoms with Gasteiger partial charge in [0.15, 0.2) is 5.79 Å². The molecule has 2 aliphatic carbocycles. The molecule has 4 atom stereocenters. The minimum atomic E-state index is -0.750. The standard InChI is InChI=1S/C19H26O6/c1-6-9-22-17(21)23-12-7-8-19(5)14(20)10-13-16(15(19)11(12)2)25-18(3,4)24-13/h6,13,15-16H,1,7-10H2,2-5H3/t13-,15-,16+,19+/m0/s1. The van der Waals surface area contributed by atoms with Crippen molar-refractivity contribution < 1.29 is 28.5 Å². The fourth-order valence-corrected chi connectivity index (χ4v) is 4.41. The predicted octanol–water partition coefficient (Wildman–Crippen LogP) is 3.51. The number of allylic oxidation sites excluding steroid dienone is 1. The van der Waals surface area contributed by atoms with E-state index in [9.17, 15) is 9.59 Å². The number of fused-ring (bicyclic) bond motifs is 3. The first-order valence-corrected chi connectivity index (χ1v) is 8.72. The second-order valence-electron chi connectivity index (χ2n) is 7.72. The Morgan fingerprint density at radius 1 is 1.36 bits per heavy atom. The molecule has 1 saturated heterocycles. The van der Waals surface area contributed by atoms with Gasteiger partial charge in [-0.3, -0.25) is 4.79 Å². The molecule has 2 fully saturated rings. The lowest BCUT2D eigenvalue weighted by Crippen LogP contribution is -2.54. The van der Waals surface area contributed by atoms with Gasteiger partial charge in [0, 0.05) is 24.2 Å². The lowest BCUT2D eigenvalue weighted by Gasteiger charge is -2.48. The van der Waals surface area contributed by atoms with Gasteiger partial charge < -0.3 is 18.9 Å². The minimum Gasteiger partial charge on any atom is -0.430 e. The van der Waals surface area contributed by atoms with Crippen LogP contribution in [0.1, 0.15) is 47.0 Å². The molecule has 0 bridgehead atoms. The molecule has 1 saturated carbocycles. The summed E-state index contributed by atoms with van der Waals surface area (Å²) in [5.74, 6) is -0.134. The van der Waals surface area contributed by atoms with E-state index in [0.717, 1.165) is 5.57 Å². The summed E-state index contributed by atoms with van der Waals surface area (Å²) in [6, 6.07) is 0. The number of carbonyl (C=O) groups excluding carboxylic acids is 2. The smallest absolute Gasteiger partial charge is 0.430 e. The van der Waals surface area contributed by atoms with Crippen molar-refractivity contribution in [3.8, 4) is 0 Å². The van der Waals surface area contributed by atoms with Crippen LogP contribution in [0, 0.1) is 11.3 Å². The number of hydrogen-bond acceptors (Lipinski definition) is 6. The highest BCUT2D eigenvalue weighted by atomic mass is 16.8. The Morgan fingerprint density at radius 3 is 2.76 bits per heavy atom. The van der Waals surface area contributed by atoms with Crippen molar-refractivity contribution in [2.45, 2.75) is 65.0 Å². The number of rotatable bonds is 3. The van der Waals surface area contributed by atoms with E-state index >= 15 is 0 Å². The lowest BCUT2D eigenvalue weighted by atomic mass is 9.57. The minimum absolute atomic E-state index is 0.0978. The molecule has 0 spiro atoms. The van der Waals surface area contributed by atoms with Crippen molar-refractivity contribution in [2.24, 2.45) is 11.3 Å². The normalized spacial score (nSPS) is 36.5. The van der Waals surface area contributed by atoms with E-state index in [0.29, 0.717) is 25.0 Å². The highest BCUT2D eigenvalue weighted by molar-refractivity contribution is 5.87. The third-order valence-electron chi connectivity index (χ3n) is 5.56. The second kappa shape index (κ2) is 6.25. The van der Waals surface area contributed by atoms with Crippen LogP contribution >= 0.6 is 0 Å². The molecule has 0 aromatic rings. The SMILES string of the molecule is C=CCOC(=O)OC1=C(C)[C@H]2[C@@H]3OC(C)(C)O[C@H]3CC(=O)[C@@]2(C)CC1. The Balaban J connectivity index is 1.90. The van der Waals surface area contributed by atoms with Crippen molar-refractivity contribution in [2.75, 3.05) is 6.61 Å². The monoisotopic (exact) mass is 350 g/mol. The maximum atomic E-state index is 12.8. The Labute approximate surface area is 148 Å². The quantitative estimate of drug-likeness (QED) is 0.573. The van der Waals surface area contributed by atoms with Gasteiger partial charge in [0.1, 0.15) is 18.1 Å². The Bertz CT molecular complexity index is 634.